The van der Waals surface area contributed by atoms with E-state index in [4.69, 9.17) is 0 Å². The van der Waals surface area contributed by atoms with Gasteiger partial charge in [-0.15, -0.1) is 0 Å². The zero-order valence-corrected chi connectivity index (χ0v) is 18.4. The summed E-state index contributed by atoms with van der Waals surface area (Å²) in [7, 11) is -3.61. The molecular weight excluding hydrogens is 404 g/mol. The standard InChI is InChI=1S/C22H30N2O5S/c1-14-3-8-18(13-15(14)2)30(28,29)24-11-9-23(10-12-24)21(25)19-16-4-6-17(7-5-16)20(19)22(26)27/h3,8,13,16-17,19-20H,4-7,9-12H2,1-2H3,(H,26,27)/t16?,17?,19-,20-/m1/s1. The Morgan fingerprint density at radius 3 is 2.00 bits per heavy atom. The lowest BCUT2D eigenvalue weighted by molar-refractivity contribution is -0.162. The fraction of sp³-hybridized carbons (Fsp3) is 0.636. The number of hydrogen-bond acceptors (Lipinski definition) is 4. The lowest BCUT2D eigenvalue weighted by Crippen LogP contribution is -2.56. The first-order chi connectivity index (χ1) is 14.2. The third kappa shape index (κ3) is 3.64. The Kier molecular flexibility index (Phi) is 5.66. The second-order valence-corrected chi connectivity index (χ2v) is 11.0. The van der Waals surface area contributed by atoms with Crippen LogP contribution in [0.2, 0.25) is 0 Å². The van der Waals surface area contributed by atoms with Crippen LogP contribution >= 0.6 is 0 Å². The molecule has 1 aliphatic heterocycles. The lowest BCUT2D eigenvalue weighted by atomic mass is 9.58. The van der Waals surface area contributed by atoms with Gasteiger partial charge in [-0.1, -0.05) is 6.07 Å². The summed E-state index contributed by atoms with van der Waals surface area (Å²) in [6, 6.07) is 5.13. The molecule has 2 atom stereocenters. The highest BCUT2D eigenvalue weighted by molar-refractivity contribution is 7.89. The molecule has 4 fully saturated rings. The number of aliphatic carboxylic acids is 1. The molecule has 0 aromatic heterocycles. The first-order valence-corrected chi connectivity index (χ1v) is 12.2. The molecule has 164 valence electrons. The van der Waals surface area contributed by atoms with E-state index in [9.17, 15) is 23.1 Å². The van der Waals surface area contributed by atoms with E-state index in [1.165, 1.54) is 4.31 Å². The van der Waals surface area contributed by atoms with Crippen LogP contribution in [0.15, 0.2) is 23.1 Å². The van der Waals surface area contributed by atoms with Gasteiger partial charge in [0.15, 0.2) is 0 Å². The SMILES string of the molecule is Cc1ccc(S(=O)(=O)N2CCN(C(=O)[C@@H]3C4CCC(CC4)[C@H]3C(=O)O)CC2)cc1C. The first kappa shape index (κ1) is 21.3. The van der Waals surface area contributed by atoms with E-state index in [2.05, 4.69) is 0 Å². The Bertz CT molecular complexity index is 944. The number of nitrogens with zero attached hydrogens (tertiary/aromatic N) is 2. The number of benzene rings is 1. The predicted octanol–water partition coefficient (Wildman–Crippen LogP) is 2.27. The molecule has 4 aliphatic rings. The number of amides is 1. The smallest absolute Gasteiger partial charge is 0.307 e. The van der Waals surface area contributed by atoms with Gasteiger partial charge in [0.25, 0.3) is 0 Å². The van der Waals surface area contributed by atoms with E-state index in [-0.39, 0.29) is 35.7 Å². The summed E-state index contributed by atoms with van der Waals surface area (Å²) < 4.78 is 27.5. The van der Waals surface area contributed by atoms with Crippen molar-refractivity contribution in [1.82, 2.24) is 9.21 Å². The van der Waals surface area contributed by atoms with Gasteiger partial charge < -0.3 is 10.0 Å². The number of carboxylic acid groups (broad SMARTS) is 1. The fourth-order valence-corrected chi connectivity index (χ4v) is 7.05. The molecule has 3 saturated carbocycles. The van der Waals surface area contributed by atoms with Crippen LogP contribution in [0.3, 0.4) is 0 Å². The van der Waals surface area contributed by atoms with Crippen molar-refractivity contribution in [3.8, 4) is 0 Å². The van der Waals surface area contributed by atoms with Crippen LogP contribution in [-0.2, 0) is 19.6 Å². The predicted molar refractivity (Wildman–Crippen MR) is 111 cm³/mol. The van der Waals surface area contributed by atoms with Crippen LogP contribution in [0.1, 0.15) is 36.8 Å². The quantitative estimate of drug-likeness (QED) is 0.784. The van der Waals surface area contributed by atoms with Crippen LogP contribution in [0.5, 0.6) is 0 Å². The van der Waals surface area contributed by atoms with E-state index in [1.807, 2.05) is 19.9 Å². The highest BCUT2D eigenvalue weighted by atomic mass is 32.2. The molecule has 1 amide bonds. The topological polar surface area (TPSA) is 95.0 Å². The van der Waals surface area contributed by atoms with Gasteiger partial charge in [0.2, 0.25) is 15.9 Å². The van der Waals surface area contributed by atoms with Gasteiger partial charge in [0.1, 0.15) is 0 Å². The fourth-order valence-electron chi connectivity index (χ4n) is 5.54. The zero-order chi connectivity index (χ0) is 21.6. The summed E-state index contributed by atoms with van der Waals surface area (Å²) in [4.78, 5) is 27.1. The number of sulfonamides is 1. The molecule has 7 nitrogen and oxygen atoms in total. The summed E-state index contributed by atoms with van der Waals surface area (Å²) in [5, 5.41) is 9.74. The number of carbonyl (C=O) groups excluding carboxylic acids is 1. The average Bonchev–Trinajstić information content (AvgIpc) is 2.75. The number of fused-ring (bicyclic) bond motifs is 3. The first-order valence-electron chi connectivity index (χ1n) is 10.8. The molecule has 2 bridgehead atoms. The number of carbonyl (C=O) groups is 2. The van der Waals surface area contributed by atoms with E-state index in [0.29, 0.717) is 13.1 Å². The van der Waals surface area contributed by atoms with Crippen molar-refractivity contribution in [2.45, 2.75) is 44.4 Å². The van der Waals surface area contributed by atoms with E-state index < -0.39 is 27.8 Å². The molecule has 1 heterocycles. The second-order valence-electron chi connectivity index (χ2n) is 9.04. The molecule has 5 rings (SSSR count). The van der Waals surface area contributed by atoms with Crippen LogP contribution in [0.25, 0.3) is 0 Å². The molecule has 3 aliphatic carbocycles. The third-order valence-electron chi connectivity index (χ3n) is 7.46. The summed E-state index contributed by atoms with van der Waals surface area (Å²) >= 11 is 0. The molecule has 30 heavy (non-hydrogen) atoms. The van der Waals surface area contributed by atoms with Crippen molar-refractivity contribution in [3.05, 3.63) is 29.3 Å². The van der Waals surface area contributed by atoms with Crippen molar-refractivity contribution >= 4 is 21.9 Å². The lowest BCUT2D eigenvalue weighted by Gasteiger charge is -2.48. The maximum Gasteiger partial charge on any atom is 0.307 e. The monoisotopic (exact) mass is 434 g/mol. The normalized spacial score (nSPS) is 29.7. The molecule has 0 unspecified atom stereocenters. The van der Waals surface area contributed by atoms with Gasteiger partial charge in [-0.3, -0.25) is 9.59 Å². The van der Waals surface area contributed by atoms with Crippen molar-refractivity contribution in [3.63, 3.8) is 0 Å². The number of aryl methyl sites for hydroxylation is 2. The van der Waals surface area contributed by atoms with Gasteiger partial charge in [-0.25, -0.2) is 8.42 Å². The van der Waals surface area contributed by atoms with Crippen molar-refractivity contribution in [2.24, 2.45) is 23.7 Å². The van der Waals surface area contributed by atoms with Gasteiger partial charge >= 0.3 is 5.97 Å². The zero-order valence-electron chi connectivity index (χ0n) is 17.6. The van der Waals surface area contributed by atoms with Gasteiger partial charge in [0.05, 0.1) is 16.7 Å². The minimum absolute atomic E-state index is 0.0906. The highest BCUT2D eigenvalue weighted by Crippen LogP contribution is 2.49. The van der Waals surface area contributed by atoms with Gasteiger partial charge in [-0.2, -0.15) is 4.31 Å². The Balaban J connectivity index is 1.46. The van der Waals surface area contributed by atoms with Gasteiger partial charge in [-0.05, 0) is 74.6 Å². The molecule has 1 saturated heterocycles. The molecule has 8 heteroatoms. The summed E-state index contributed by atoms with van der Waals surface area (Å²) in [5.41, 5.74) is 1.97. The summed E-state index contributed by atoms with van der Waals surface area (Å²) in [5.74, 6) is -1.78. The number of rotatable bonds is 4. The van der Waals surface area contributed by atoms with Crippen LogP contribution in [0.4, 0.5) is 0 Å². The third-order valence-corrected chi connectivity index (χ3v) is 9.35. The molecule has 1 aromatic rings. The molecule has 0 spiro atoms. The van der Waals surface area contributed by atoms with Gasteiger partial charge in [0, 0.05) is 26.2 Å². The summed E-state index contributed by atoms with van der Waals surface area (Å²) in [6.45, 7) is 4.92. The molecule has 1 aromatic carbocycles. The molecule has 0 radical (unpaired) electrons. The van der Waals surface area contributed by atoms with Crippen LogP contribution in [-0.4, -0.2) is 60.8 Å². The number of carboxylic acids is 1. The van der Waals surface area contributed by atoms with Crippen molar-refractivity contribution in [2.75, 3.05) is 26.2 Å². The Morgan fingerprint density at radius 2 is 1.47 bits per heavy atom. The van der Waals surface area contributed by atoms with Crippen molar-refractivity contribution in [1.29, 1.82) is 0 Å². The van der Waals surface area contributed by atoms with E-state index in [0.717, 1.165) is 36.8 Å². The number of piperazine rings is 1. The van der Waals surface area contributed by atoms with Crippen LogP contribution in [0, 0.1) is 37.5 Å². The van der Waals surface area contributed by atoms with E-state index >= 15 is 0 Å². The van der Waals surface area contributed by atoms with E-state index in [1.54, 1.807) is 17.0 Å². The highest BCUT2D eigenvalue weighted by Gasteiger charge is 2.51. The Labute approximate surface area is 178 Å². The minimum Gasteiger partial charge on any atom is -0.481 e. The second kappa shape index (κ2) is 7.96. The molecular formula is C22H30N2O5S. The summed E-state index contributed by atoms with van der Waals surface area (Å²) in [6.07, 6.45) is 3.64. The minimum atomic E-state index is -3.61. The van der Waals surface area contributed by atoms with Crippen molar-refractivity contribution < 1.29 is 23.1 Å². The number of hydrogen-bond donors (Lipinski definition) is 1. The average molecular weight is 435 g/mol. The maximum absolute atomic E-state index is 13.3. The largest absolute Gasteiger partial charge is 0.481 e. The van der Waals surface area contributed by atoms with Crippen LogP contribution < -0.4 is 0 Å². The maximum atomic E-state index is 13.3. The Hall–Kier alpha value is -1.93. The molecule has 1 N–H and O–H groups in total. The Morgan fingerprint density at radius 1 is 0.900 bits per heavy atom.